The molecule has 0 bridgehead atoms. The first-order chi connectivity index (χ1) is 5.86. The lowest BCUT2D eigenvalue weighted by Gasteiger charge is -2.03. The number of halogens is 1. The highest BCUT2D eigenvalue weighted by molar-refractivity contribution is 5.12. The van der Waals surface area contributed by atoms with Gasteiger partial charge in [0.15, 0.2) is 5.82 Å². The molecule has 0 saturated heterocycles. The van der Waals surface area contributed by atoms with Crippen LogP contribution in [0.4, 0.5) is 4.39 Å². The van der Waals surface area contributed by atoms with E-state index in [1.165, 1.54) is 25.1 Å². The number of hydrogen-bond acceptors (Lipinski definition) is 2. The summed E-state index contributed by atoms with van der Waals surface area (Å²) in [5.41, 5.74) is 0. The van der Waals surface area contributed by atoms with Crippen LogP contribution in [0.1, 0.15) is 12.8 Å². The summed E-state index contributed by atoms with van der Waals surface area (Å²) in [5.74, 6) is 0.383. The molecule has 0 spiro atoms. The minimum absolute atomic E-state index is 0.129. The number of ether oxygens (including phenoxy) is 1. The zero-order valence-corrected chi connectivity index (χ0v) is 6.66. The summed E-state index contributed by atoms with van der Waals surface area (Å²) in [6.45, 7) is 0.605. The van der Waals surface area contributed by atoms with Crippen LogP contribution in [0.3, 0.4) is 0 Å². The van der Waals surface area contributed by atoms with Crippen LogP contribution >= 0.6 is 0 Å². The van der Waals surface area contributed by atoms with Gasteiger partial charge < -0.3 is 4.74 Å². The molecule has 0 atom stereocenters. The van der Waals surface area contributed by atoms with E-state index in [1.54, 1.807) is 6.07 Å². The first kappa shape index (κ1) is 7.53. The molecule has 0 aliphatic heterocycles. The van der Waals surface area contributed by atoms with Crippen molar-refractivity contribution in [3.63, 3.8) is 0 Å². The summed E-state index contributed by atoms with van der Waals surface area (Å²) in [6.07, 6.45) is 3.94. The van der Waals surface area contributed by atoms with Crippen LogP contribution in [0.15, 0.2) is 18.3 Å². The van der Waals surface area contributed by atoms with E-state index in [9.17, 15) is 4.39 Å². The standard InChI is InChI=1S/C9H10FNO/c10-8-2-1-5-11-9(8)12-6-7-3-4-7/h1-2,5,7H,3-4,6H2. The fraction of sp³-hybridized carbons (Fsp3) is 0.444. The molecule has 1 saturated carbocycles. The van der Waals surface area contributed by atoms with Crippen LogP contribution in [0, 0.1) is 11.7 Å². The van der Waals surface area contributed by atoms with Crippen molar-refractivity contribution in [3.05, 3.63) is 24.1 Å². The molecule has 2 nitrogen and oxygen atoms in total. The molecule has 64 valence electrons. The van der Waals surface area contributed by atoms with Crippen molar-refractivity contribution in [2.24, 2.45) is 5.92 Å². The normalized spacial score (nSPS) is 16.1. The Bertz CT molecular complexity index is 273. The first-order valence-corrected chi connectivity index (χ1v) is 4.09. The van der Waals surface area contributed by atoms with Gasteiger partial charge in [0.2, 0.25) is 5.88 Å². The molecule has 1 fully saturated rings. The van der Waals surface area contributed by atoms with Gasteiger partial charge in [0.1, 0.15) is 0 Å². The monoisotopic (exact) mass is 167 g/mol. The van der Waals surface area contributed by atoms with Gasteiger partial charge in [-0.3, -0.25) is 0 Å². The van der Waals surface area contributed by atoms with Crippen molar-refractivity contribution in [2.75, 3.05) is 6.61 Å². The van der Waals surface area contributed by atoms with Crippen molar-refractivity contribution < 1.29 is 9.13 Å². The fourth-order valence-electron chi connectivity index (χ4n) is 0.959. The number of rotatable bonds is 3. The van der Waals surface area contributed by atoms with Crippen molar-refractivity contribution in [3.8, 4) is 5.88 Å². The molecule has 0 unspecified atom stereocenters. The largest absolute Gasteiger partial charge is 0.475 e. The van der Waals surface area contributed by atoms with E-state index in [0.29, 0.717) is 12.5 Å². The topological polar surface area (TPSA) is 22.1 Å². The summed E-state index contributed by atoms with van der Waals surface area (Å²) < 4.78 is 18.0. The van der Waals surface area contributed by atoms with E-state index < -0.39 is 0 Å². The van der Waals surface area contributed by atoms with Crippen molar-refractivity contribution >= 4 is 0 Å². The zero-order chi connectivity index (χ0) is 8.39. The third kappa shape index (κ3) is 1.72. The lowest BCUT2D eigenvalue weighted by atomic mass is 10.4. The third-order valence-corrected chi connectivity index (χ3v) is 1.88. The SMILES string of the molecule is Fc1cccnc1OCC1CC1. The molecule has 2 rings (SSSR count). The van der Waals surface area contributed by atoms with E-state index >= 15 is 0 Å². The molecule has 1 heterocycles. The average molecular weight is 167 g/mol. The molecule has 3 heteroatoms. The Morgan fingerprint density at radius 3 is 3.08 bits per heavy atom. The molecular weight excluding hydrogens is 157 g/mol. The van der Waals surface area contributed by atoms with E-state index in [4.69, 9.17) is 4.74 Å². The van der Waals surface area contributed by atoms with Crippen LogP contribution < -0.4 is 4.74 Å². The quantitative estimate of drug-likeness (QED) is 0.687. The molecule has 1 aromatic heterocycles. The molecule has 1 aromatic rings. The van der Waals surface area contributed by atoms with E-state index in [1.807, 2.05) is 0 Å². The Morgan fingerprint density at radius 1 is 1.58 bits per heavy atom. The summed E-state index contributed by atoms with van der Waals surface area (Å²) in [4.78, 5) is 3.78. The van der Waals surface area contributed by atoms with Gasteiger partial charge in [-0.05, 0) is 30.9 Å². The van der Waals surface area contributed by atoms with Gasteiger partial charge in [-0.2, -0.15) is 0 Å². The average Bonchev–Trinajstić information content (AvgIpc) is 2.86. The van der Waals surface area contributed by atoms with Gasteiger partial charge in [-0.1, -0.05) is 0 Å². The lowest BCUT2D eigenvalue weighted by Crippen LogP contribution is -2.02. The van der Waals surface area contributed by atoms with Crippen molar-refractivity contribution in [2.45, 2.75) is 12.8 Å². The van der Waals surface area contributed by atoms with Gasteiger partial charge in [0.25, 0.3) is 0 Å². The zero-order valence-electron chi connectivity index (χ0n) is 6.66. The molecule has 0 aromatic carbocycles. The molecule has 0 radical (unpaired) electrons. The Hall–Kier alpha value is -1.12. The number of nitrogens with zero attached hydrogens (tertiary/aromatic N) is 1. The Morgan fingerprint density at radius 2 is 2.42 bits per heavy atom. The number of pyridine rings is 1. The van der Waals surface area contributed by atoms with Crippen LogP contribution in [-0.2, 0) is 0 Å². The van der Waals surface area contributed by atoms with Gasteiger partial charge in [-0.15, -0.1) is 0 Å². The molecule has 1 aliphatic rings. The van der Waals surface area contributed by atoms with Crippen LogP contribution in [-0.4, -0.2) is 11.6 Å². The molecule has 12 heavy (non-hydrogen) atoms. The molecule has 1 aliphatic carbocycles. The first-order valence-electron chi connectivity index (χ1n) is 4.09. The van der Waals surface area contributed by atoms with Crippen molar-refractivity contribution in [1.82, 2.24) is 4.98 Å². The highest BCUT2D eigenvalue weighted by atomic mass is 19.1. The minimum Gasteiger partial charge on any atom is -0.475 e. The molecule has 0 N–H and O–H groups in total. The third-order valence-electron chi connectivity index (χ3n) is 1.88. The second-order valence-corrected chi connectivity index (χ2v) is 3.04. The Balaban J connectivity index is 1.96. The minimum atomic E-state index is -0.377. The highest BCUT2D eigenvalue weighted by Crippen LogP contribution is 2.29. The van der Waals surface area contributed by atoms with E-state index in [0.717, 1.165) is 0 Å². The van der Waals surface area contributed by atoms with Gasteiger partial charge in [0, 0.05) is 6.20 Å². The second-order valence-electron chi connectivity index (χ2n) is 3.04. The Labute approximate surface area is 70.4 Å². The predicted octanol–water partition coefficient (Wildman–Crippen LogP) is 2.01. The maximum atomic E-state index is 12.9. The Kier molecular flexibility index (Phi) is 1.94. The van der Waals surface area contributed by atoms with E-state index in [2.05, 4.69) is 4.98 Å². The second kappa shape index (κ2) is 3.09. The van der Waals surface area contributed by atoms with Gasteiger partial charge >= 0.3 is 0 Å². The highest BCUT2D eigenvalue weighted by Gasteiger charge is 2.22. The van der Waals surface area contributed by atoms with Crippen LogP contribution in [0.2, 0.25) is 0 Å². The van der Waals surface area contributed by atoms with Crippen LogP contribution in [0.5, 0.6) is 5.88 Å². The smallest absolute Gasteiger partial charge is 0.250 e. The number of aromatic nitrogens is 1. The predicted molar refractivity (Wildman–Crippen MR) is 42.4 cm³/mol. The summed E-state index contributed by atoms with van der Waals surface area (Å²) >= 11 is 0. The molecular formula is C9H10FNO. The van der Waals surface area contributed by atoms with Gasteiger partial charge in [0.05, 0.1) is 6.61 Å². The lowest BCUT2D eigenvalue weighted by molar-refractivity contribution is 0.273. The van der Waals surface area contributed by atoms with Crippen LogP contribution in [0.25, 0.3) is 0 Å². The fourth-order valence-corrected chi connectivity index (χ4v) is 0.959. The van der Waals surface area contributed by atoms with Gasteiger partial charge in [-0.25, -0.2) is 9.37 Å². The molecule has 0 amide bonds. The van der Waals surface area contributed by atoms with Crippen molar-refractivity contribution in [1.29, 1.82) is 0 Å². The van der Waals surface area contributed by atoms with E-state index in [-0.39, 0.29) is 11.7 Å². The summed E-state index contributed by atoms with van der Waals surface area (Å²) in [6, 6.07) is 2.91. The summed E-state index contributed by atoms with van der Waals surface area (Å²) in [7, 11) is 0. The maximum absolute atomic E-state index is 12.9. The maximum Gasteiger partial charge on any atom is 0.250 e. The number of hydrogen-bond donors (Lipinski definition) is 0. The summed E-state index contributed by atoms with van der Waals surface area (Å²) in [5, 5.41) is 0.